The molecule has 0 radical (unpaired) electrons. The summed E-state index contributed by atoms with van der Waals surface area (Å²) in [5.74, 6) is 0.900. The minimum atomic E-state index is -0.672. The molecule has 1 aromatic carbocycles. The number of rotatable bonds is 7. The highest BCUT2D eigenvalue weighted by atomic mass is 16.5. The second-order valence-electron chi connectivity index (χ2n) is 4.66. The van der Waals surface area contributed by atoms with Gasteiger partial charge >= 0.3 is 0 Å². The van der Waals surface area contributed by atoms with Crippen LogP contribution in [-0.4, -0.2) is 55.1 Å². The zero-order chi connectivity index (χ0) is 13.5. The molecule has 1 atom stereocenters. The smallest absolute Gasteiger partial charge is 0.122 e. The second-order valence-corrected chi connectivity index (χ2v) is 4.66. The van der Waals surface area contributed by atoms with Gasteiger partial charge in [-0.3, -0.25) is 0 Å². The van der Waals surface area contributed by atoms with E-state index in [-0.39, 0.29) is 6.61 Å². The van der Waals surface area contributed by atoms with Gasteiger partial charge < -0.3 is 19.8 Å². The average Bonchev–Trinajstić information content (AvgIpc) is 2.36. The predicted molar refractivity (Wildman–Crippen MR) is 72.0 cm³/mol. The SMILES string of the molecule is COc1ccc(C)cc1CCN(C)CC(O)CO. The molecule has 4 heteroatoms. The Morgan fingerprint density at radius 1 is 1.39 bits per heavy atom. The van der Waals surface area contributed by atoms with Crippen LogP contribution in [0.5, 0.6) is 5.75 Å². The van der Waals surface area contributed by atoms with Crippen molar-refractivity contribution < 1.29 is 14.9 Å². The Balaban J connectivity index is 2.54. The predicted octanol–water partition coefficient (Wildman–Crippen LogP) is 0.831. The first-order valence-corrected chi connectivity index (χ1v) is 6.17. The molecule has 0 bridgehead atoms. The highest BCUT2D eigenvalue weighted by Gasteiger charge is 2.08. The molecule has 0 saturated carbocycles. The van der Waals surface area contributed by atoms with Crippen LogP contribution in [0.15, 0.2) is 18.2 Å². The molecule has 1 aromatic rings. The van der Waals surface area contributed by atoms with Crippen molar-refractivity contribution in [3.05, 3.63) is 29.3 Å². The average molecular weight is 253 g/mol. The summed E-state index contributed by atoms with van der Waals surface area (Å²) < 4.78 is 5.33. The Morgan fingerprint density at radius 3 is 2.72 bits per heavy atom. The molecule has 0 aliphatic heterocycles. The lowest BCUT2D eigenvalue weighted by Gasteiger charge is -2.20. The summed E-state index contributed by atoms with van der Waals surface area (Å²) in [7, 11) is 3.61. The monoisotopic (exact) mass is 253 g/mol. The summed E-state index contributed by atoms with van der Waals surface area (Å²) in [4.78, 5) is 2.00. The standard InChI is InChI=1S/C14H23NO3/c1-11-4-5-14(18-3)12(8-11)6-7-15(2)9-13(17)10-16/h4-5,8,13,16-17H,6-7,9-10H2,1-3H3. The minimum absolute atomic E-state index is 0.196. The molecule has 0 amide bonds. The number of aryl methyl sites for hydroxylation is 1. The molecule has 0 fully saturated rings. The van der Waals surface area contributed by atoms with Crippen molar-refractivity contribution in [3.63, 3.8) is 0 Å². The zero-order valence-electron chi connectivity index (χ0n) is 11.4. The normalized spacial score (nSPS) is 12.8. The molecular formula is C14H23NO3. The lowest BCUT2D eigenvalue weighted by molar-refractivity contribution is 0.0669. The number of likely N-dealkylation sites (N-methyl/N-ethyl adjacent to an activating group) is 1. The van der Waals surface area contributed by atoms with Gasteiger partial charge in [0.25, 0.3) is 0 Å². The van der Waals surface area contributed by atoms with Crippen LogP contribution in [0.1, 0.15) is 11.1 Å². The van der Waals surface area contributed by atoms with Gasteiger partial charge in [0.2, 0.25) is 0 Å². The maximum absolute atomic E-state index is 9.35. The van der Waals surface area contributed by atoms with E-state index in [0.717, 1.165) is 18.7 Å². The van der Waals surface area contributed by atoms with Crippen LogP contribution in [0.3, 0.4) is 0 Å². The number of methoxy groups -OCH3 is 1. The van der Waals surface area contributed by atoms with Crippen molar-refractivity contribution in [2.45, 2.75) is 19.4 Å². The summed E-state index contributed by atoms with van der Waals surface area (Å²) in [6, 6.07) is 6.13. The van der Waals surface area contributed by atoms with Crippen molar-refractivity contribution in [2.24, 2.45) is 0 Å². The number of hydrogen-bond donors (Lipinski definition) is 2. The fourth-order valence-electron chi connectivity index (χ4n) is 1.92. The Hall–Kier alpha value is -1.10. The van der Waals surface area contributed by atoms with E-state index in [1.165, 1.54) is 11.1 Å². The lowest BCUT2D eigenvalue weighted by Crippen LogP contribution is -2.32. The summed E-state index contributed by atoms with van der Waals surface area (Å²) in [5, 5.41) is 18.1. The van der Waals surface area contributed by atoms with Crippen molar-refractivity contribution in [1.29, 1.82) is 0 Å². The van der Waals surface area contributed by atoms with E-state index in [1.807, 2.05) is 24.1 Å². The Bertz CT molecular complexity index is 368. The first-order chi connectivity index (χ1) is 8.56. The van der Waals surface area contributed by atoms with Crippen LogP contribution in [0, 0.1) is 6.92 Å². The van der Waals surface area contributed by atoms with Gasteiger partial charge in [-0.1, -0.05) is 17.7 Å². The van der Waals surface area contributed by atoms with Gasteiger partial charge in [-0.2, -0.15) is 0 Å². The third-order valence-electron chi connectivity index (χ3n) is 2.93. The molecule has 18 heavy (non-hydrogen) atoms. The van der Waals surface area contributed by atoms with Crippen molar-refractivity contribution in [1.82, 2.24) is 4.90 Å². The first-order valence-electron chi connectivity index (χ1n) is 6.17. The van der Waals surface area contributed by atoms with Crippen LogP contribution >= 0.6 is 0 Å². The number of hydrogen-bond acceptors (Lipinski definition) is 4. The highest BCUT2D eigenvalue weighted by molar-refractivity contribution is 5.37. The Labute approximate surface area is 109 Å². The number of aliphatic hydroxyl groups is 2. The van der Waals surface area contributed by atoms with Gasteiger partial charge in [0.1, 0.15) is 5.75 Å². The van der Waals surface area contributed by atoms with Crippen LogP contribution in [0.4, 0.5) is 0 Å². The van der Waals surface area contributed by atoms with E-state index in [9.17, 15) is 5.11 Å². The highest BCUT2D eigenvalue weighted by Crippen LogP contribution is 2.20. The van der Waals surface area contributed by atoms with Gasteiger partial charge in [-0.25, -0.2) is 0 Å². The Morgan fingerprint density at radius 2 is 2.11 bits per heavy atom. The molecule has 102 valence electrons. The molecule has 0 aliphatic rings. The van der Waals surface area contributed by atoms with Crippen molar-refractivity contribution in [3.8, 4) is 5.75 Å². The fourth-order valence-corrected chi connectivity index (χ4v) is 1.92. The minimum Gasteiger partial charge on any atom is -0.496 e. The van der Waals surface area contributed by atoms with Crippen LogP contribution in [0.2, 0.25) is 0 Å². The summed E-state index contributed by atoms with van der Waals surface area (Å²) in [6.07, 6.45) is 0.189. The van der Waals surface area contributed by atoms with E-state index in [1.54, 1.807) is 7.11 Å². The number of ether oxygens (including phenoxy) is 1. The molecule has 0 spiro atoms. The summed E-state index contributed by atoms with van der Waals surface area (Å²) in [5.41, 5.74) is 2.38. The molecule has 4 nitrogen and oxygen atoms in total. The summed E-state index contributed by atoms with van der Waals surface area (Å²) >= 11 is 0. The quantitative estimate of drug-likeness (QED) is 0.756. The van der Waals surface area contributed by atoms with Crippen molar-refractivity contribution in [2.75, 3.05) is 33.9 Å². The molecule has 1 unspecified atom stereocenters. The van der Waals surface area contributed by atoms with E-state index in [2.05, 4.69) is 13.0 Å². The van der Waals surface area contributed by atoms with E-state index >= 15 is 0 Å². The second kappa shape index (κ2) is 7.36. The third-order valence-corrected chi connectivity index (χ3v) is 2.93. The molecule has 1 rings (SSSR count). The molecule has 0 aromatic heterocycles. The number of benzene rings is 1. The van der Waals surface area contributed by atoms with E-state index < -0.39 is 6.10 Å². The Kier molecular flexibility index (Phi) is 6.12. The van der Waals surface area contributed by atoms with Crippen molar-refractivity contribution >= 4 is 0 Å². The van der Waals surface area contributed by atoms with Gasteiger partial charge in [0.05, 0.1) is 19.8 Å². The van der Waals surface area contributed by atoms with Gasteiger partial charge in [0.15, 0.2) is 0 Å². The largest absolute Gasteiger partial charge is 0.496 e. The molecule has 0 saturated heterocycles. The number of nitrogens with zero attached hydrogens (tertiary/aromatic N) is 1. The first kappa shape index (κ1) is 15.0. The fraction of sp³-hybridized carbons (Fsp3) is 0.571. The molecule has 2 N–H and O–H groups in total. The topological polar surface area (TPSA) is 52.9 Å². The van der Waals surface area contributed by atoms with Gasteiger partial charge in [-0.15, -0.1) is 0 Å². The lowest BCUT2D eigenvalue weighted by atomic mass is 10.1. The van der Waals surface area contributed by atoms with Crippen LogP contribution in [-0.2, 0) is 6.42 Å². The summed E-state index contributed by atoms with van der Waals surface area (Å²) in [6.45, 7) is 3.15. The molecule has 0 aliphatic carbocycles. The zero-order valence-corrected chi connectivity index (χ0v) is 11.4. The van der Waals surface area contributed by atoms with E-state index in [4.69, 9.17) is 9.84 Å². The maximum Gasteiger partial charge on any atom is 0.122 e. The van der Waals surface area contributed by atoms with Gasteiger partial charge in [0, 0.05) is 13.1 Å². The number of aliphatic hydroxyl groups excluding tert-OH is 2. The maximum atomic E-state index is 9.35. The van der Waals surface area contributed by atoms with Crippen LogP contribution in [0.25, 0.3) is 0 Å². The van der Waals surface area contributed by atoms with Crippen LogP contribution < -0.4 is 4.74 Å². The van der Waals surface area contributed by atoms with E-state index in [0.29, 0.717) is 6.54 Å². The molecular weight excluding hydrogens is 230 g/mol. The third kappa shape index (κ3) is 4.64. The van der Waals surface area contributed by atoms with Gasteiger partial charge in [-0.05, 0) is 32.0 Å². The molecule has 0 heterocycles.